The molecule has 19 heavy (non-hydrogen) atoms. The number of ether oxygens (including phenoxy) is 1. The molecule has 3 rings (SSSR count). The van der Waals surface area contributed by atoms with Crippen LogP contribution in [0.25, 0.3) is 0 Å². The van der Waals surface area contributed by atoms with Gasteiger partial charge >= 0.3 is 0 Å². The lowest BCUT2D eigenvalue weighted by Gasteiger charge is -2.26. The highest BCUT2D eigenvalue weighted by molar-refractivity contribution is 7.10. The lowest BCUT2D eigenvalue weighted by molar-refractivity contribution is 0.416. The van der Waals surface area contributed by atoms with E-state index in [4.69, 9.17) is 10.5 Å². The van der Waals surface area contributed by atoms with Crippen molar-refractivity contribution >= 4 is 11.3 Å². The van der Waals surface area contributed by atoms with Crippen LogP contribution in [-0.4, -0.2) is 7.11 Å². The van der Waals surface area contributed by atoms with Crippen molar-refractivity contribution in [1.82, 2.24) is 0 Å². The zero-order valence-corrected chi connectivity index (χ0v) is 12.0. The average molecular weight is 273 g/mol. The van der Waals surface area contributed by atoms with E-state index >= 15 is 0 Å². The second-order valence-electron chi connectivity index (χ2n) is 5.16. The number of hydrogen-bond acceptors (Lipinski definition) is 3. The standard InChI is InChI=1S/C16H19NOS/c1-18-14-9-15(19-10-14)16(17)13-7-3-6-12(8-13)11-4-2-5-11/h3,6-11,16H,2,4-5,17H2,1H3. The Kier molecular flexibility index (Phi) is 3.58. The van der Waals surface area contributed by atoms with Crippen molar-refractivity contribution in [2.45, 2.75) is 31.2 Å². The molecular weight excluding hydrogens is 254 g/mol. The smallest absolute Gasteiger partial charge is 0.129 e. The molecule has 1 aliphatic carbocycles. The SMILES string of the molecule is COc1csc(C(N)c2cccc(C3CCC3)c2)c1. The predicted octanol–water partition coefficient (Wildman–Crippen LogP) is 4.07. The molecule has 1 fully saturated rings. The maximum absolute atomic E-state index is 6.37. The minimum Gasteiger partial charge on any atom is -0.496 e. The highest BCUT2D eigenvalue weighted by Gasteiger charge is 2.20. The molecule has 1 saturated carbocycles. The molecule has 0 amide bonds. The maximum atomic E-state index is 6.37. The molecule has 2 aromatic rings. The summed E-state index contributed by atoms with van der Waals surface area (Å²) in [5, 5.41) is 2.00. The van der Waals surface area contributed by atoms with E-state index in [1.807, 2.05) is 11.4 Å². The highest BCUT2D eigenvalue weighted by Crippen LogP contribution is 2.37. The third-order valence-electron chi connectivity index (χ3n) is 3.98. The number of benzene rings is 1. The molecule has 0 spiro atoms. The second kappa shape index (κ2) is 5.35. The van der Waals surface area contributed by atoms with Gasteiger partial charge in [0.1, 0.15) is 5.75 Å². The Bertz CT molecular complexity index is 559. The molecule has 100 valence electrons. The summed E-state index contributed by atoms with van der Waals surface area (Å²) in [5.41, 5.74) is 9.02. The Morgan fingerprint density at radius 1 is 1.32 bits per heavy atom. The summed E-state index contributed by atoms with van der Waals surface area (Å²) in [5.74, 6) is 1.65. The van der Waals surface area contributed by atoms with Gasteiger partial charge in [-0.25, -0.2) is 0 Å². The Morgan fingerprint density at radius 3 is 2.79 bits per heavy atom. The molecule has 1 heterocycles. The molecule has 3 heteroatoms. The first-order valence-electron chi connectivity index (χ1n) is 6.76. The van der Waals surface area contributed by atoms with Crippen LogP contribution in [0.3, 0.4) is 0 Å². The number of methoxy groups -OCH3 is 1. The van der Waals surface area contributed by atoms with Crippen LogP contribution >= 0.6 is 11.3 Å². The molecule has 2 nitrogen and oxygen atoms in total. The minimum atomic E-state index is -0.0473. The van der Waals surface area contributed by atoms with Crippen molar-refractivity contribution in [2.24, 2.45) is 5.73 Å². The van der Waals surface area contributed by atoms with Gasteiger partial charge in [-0.05, 0) is 36.0 Å². The van der Waals surface area contributed by atoms with Crippen LogP contribution in [0, 0.1) is 0 Å². The molecule has 2 N–H and O–H groups in total. The fourth-order valence-corrected chi connectivity index (χ4v) is 3.40. The lowest BCUT2D eigenvalue weighted by Crippen LogP contribution is -2.13. The second-order valence-corrected chi connectivity index (χ2v) is 6.11. The van der Waals surface area contributed by atoms with Crippen LogP contribution < -0.4 is 10.5 Å². The van der Waals surface area contributed by atoms with Crippen LogP contribution in [0.1, 0.15) is 47.2 Å². The summed E-state index contributed by atoms with van der Waals surface area (Å²) in [7, 11) is 1.69. The van der Waals surface area contributed by atoms with E-state index in [9.17, 15) is 0 Å². The van der Waals surface area contributed by atoms with Gasteiger partial charge in [0.2, 0.25) is 0 Å². The number of thiophene rings is 1. The third-order valence-corrected chi connectivity index (χ3v) is 4.98. The summed E-state index contributed by atoms with van der Waals surface area (Å²) in [6.07, 6.45) is 4.01. The van der Waals surface area contributed by atoms with Crippen LogP contribution in [-0.2, 0) is 0 Å². The number of hydrogen-bond donors (Lipinski definition) is 1. The van der Waals surface area contributed by atoms with Crippen LogP contribution in [0.15, 0.2) is 35.7 Å². The van der Waals surface area contributed by atoms with Crippen LogP contribution in [0.2, 0.25) is 0 Å². The van der Waals surface area contributed by atoms with Gasteiger partial charge in [-0.3, -0.25) is 0 Å². The molecule has 0 saturated heterocycles. The summed E-state index contributed by atoms with van der Waals surface area (Å²) in [6, 6.07) is 10.8. The van der Waals surface area contributed by atoms with E-state index in [2.05, 4.69) is 24.3 Å². The quantitative estimate of drug-likeness (QED) is 0.911. The first-order chi connectivity index (χ1) is 9.28. The monoisotopic (exact) mass is 273 g/mol. The first-order valence-corrected chi connectivity index (χ1v) is 7.64. The number of rotatable bonds is 4. The summed E-state index contributed by atoms with van der Waals surface area (Å²) in [4.78, 5) is 1.16. The fraction of sp³-hybridized carbons (Fsp3) is 0.375. The molecule has 0 radical (unpaired) electrons. The number of nitrogens with two attached hydrogens (primary N) is 1. The van der Waals surface area contributed by atoms with Gasteiger partial charge in [-0.2, -0.15) is 0 Å². The van der Waals surface area contributed by atoms with Crippen molar-refractivity contribution in [3.05, 3.63) is 51.7 Å². The first kappa shape index (κ1) is 12.7. The summed E-state index contributed by atoms with van der Waals surface area (Å²) in [6.45, 7) is 0. The van der Waals surface area contributed by atoms with Crippen LogP contribution in [0.4, 0.5) is 0 Å². The van der Waals surface area contributed by atoms with Crippen molar-refractivity contribution in [3.63, 3.8) is 0 Å². The Labute approximate surface area is 118 Å². The predicted molar refractivity (Wildman–Crippen MR) is 79.9 cm³/mol. The average Bonchev–Trinajstić information content (AvgIpc) is 2.85. The topological polar surface area (TPSA) is 35.2 Å². The van der Waals surface area contributed by atoms with Gasteiger partial charge in [0, 0.05) is 10.3 Å². The zero-order valence-electron chi connectivity index (χ0n) is 11.1. The normalized spacial score (nSPS) is 16.9. The summed E-state index contributed by atoms with van der Waals surface area (Å²) < 4.78 is 5.22. The van der Waals surface area contributed by atoms with Gasteiger partial charge in [0.25, 0.3) is 0 Å². The van der Waals surface area contributed by atoms with Gasteiger partial charge in [0.05, 0.1) is 13.2 Å². The van der Waals surface area contributed by atoms with E-state index in [-0.39, 0.29) is 6.04 Å². The third kappa shape index (κ3) is 2.53. The van der Waals surface area contributed by atoms with Crippen LogP contribution in [0.5, 0.6) is 5.75 Å². The van der Waals surface area contributed by atoms with Crippen molar-refractivity contribution in [2.75, 3.05) is 7.11 Å². The Hall–Kier alpha value is -1.32. The van der Waals surface area contributed by atoms with Crippen molar-refractivity contribution in [3.8, 4) is 5.75 Å². The van der Waals surface area contributed by atoms with Crippen molar-refractivity contribution in [1.29, 1.82) is 0 Å². The van der Waals surface area contributed by atoms with E-state index < -0.39 is 0 Å². The van der Waals surface area contributed by atoms with Crippen molar-refractivity contribution < 1.29 is 4.74 Å². The van der Waals surface area contributed by atoms with E-state index in [1.54, 1.807) is 18.4 Å². The van der Waals surface area contributed by atoms with Gasteiger partial charge < -0.3 is 10.5 Å². The maximum Gasteiger partial charge on any atom is 0.129 e. The molecule has 1 aromatic heterocycles. The molecule has 1 unspecified atom stereocenters. The van der Waals surface area contributed by atoms with Gasteiger partial charge in [0.15, 0.2) is 0 Å². The van der Waals surface area contributed by atoms with Gasteiger partial charge in [-0.1, -0.05) is 30.7 Å². The molecular formula is C16H19NOS. The molecule has 1 aliphatic rings. The van der Waals surface area contributed by atoms with E-state index in [0.29, 0.717) is 0 Å². The largest absolute Gasteiger partial charge is 0.496 e. The highest BCUT2D eigenvalue weighted by atomic mass is 32.1. The van der Waals surface area contributed by atoms with E-state index in [1.165, 1.54) is 30.4 Å². The zero-order chi connectivity index (χ0) is 13.2. The van der Waals surface area contributed by atoms with E-state index in [0.717, 1.165) is 16.5 Å². The Morgan fingerprint density at radius 2 is 2.16 bits per heavy atom. The molecule has 1 aromatic carbocycles. The Balaban J connectivity index is 1.84. The van der Waals surface area contributed by atoms with Gasteiger partial charge in [-0.15, -0.1) is 11.3 Å². The molecule has 0 aliphatic heterocycles. The summed E-state index contributed by atoms with van der Waals surface area (Å²) >= 11 is 1.66. The molecule has 0 bridgehead atoms. The lowest BCUT2D eigenvalue weighted by atomic mass is 9.79. The fourth-order valence-electron chi connectivity index (χ4n) is 2.52. The minimum absolute atomic E-state index is 0.0473. The molecule has 1 atom stereocenters.